The first-order chi connectivity index (χ1) is 7.29. The van der Waals surface area contributed by atoms with E-state index < -0.39 is 0 Å². The van der Waals surface area contributed by atoms with E-state index in [2.05, 4.69) is 46.4 Å². The lowest BCUT2D eigenvalue weighted by molar-refractivity contribution is 0.0428. The van der Waals surface area contributed by atoms with E-state index in [9.17, 15) is 0 Å². The second-order valence-electron chi connectivity index (χ2n) is 6.53. The van der Waals surface area contributed by atoms with Crippen LogP contribution in [0.2, 0.25) is 0 Å². The van der Waals surface area contributed by atoms with Gasteiger partial charge < -0.3 is 9.64 Å². The molecule has 0 N–H and O–H groups in total. The van der Waals surface area contributed by atoms with Crippen molar-refractivity contribution in [2.24, 2.45) is 5.41 Å². The second-order valence-corrected chi connectivity index (χ2v) is 6.53. The lowest BCUT2D eigenvalue weighted by Gasteiger charge is -2.43. The summed E-state index contributed by atoms with van der Waals surface area (Å²) in [5.74, 6) is 1.22. The van der Waals surface area contributed by atoms with E-state index in [0.29, 0.717) is 6.04 Å². The van der Waals surface area contributed by atoms with Crippen LogP contribution in [0.4, 0.5) is 0 Å². The van der Waals surface area contributed by atoms with Crippen LogP contribution < -0.4 is 0 Å². The van der Waals surface area contributed by atoms with Gasteiger partial charge in [-0.05, 0) is 27.2 Å². The van der Waals surface area contributed by atoms with E-state index >= 15 is 0 Å². The molecule has 1 fully saturated rings. The molecule has 0 aliphatic carbocycles. The first-order valence-electron chi connectivity index (χ1n) is 6.45. The fourth-order valence-corrected chi connectivity index (χ4v) is 3.84. The smallest absolute Gasteiger partial charge is 0.115 e. The Hall–Kier alpha value is -0.660. The Bertz CT molecular complexity index is 328. The summed E-state index contributed by atoms with van der Waals surface area (Å²) in [5, 5.41) is 0. The van der Waals surface area contributed by atoms with Gasteiger partial charge >= 0.3 is 0 Å². The van der Waals surface area contributed by atoms with Crippen LogP contribution in [0.5, 0.6) is 0 Å². The van der Waals surface area contributed by atoms with Crippen molar-refractivity contribution < 1.29 is 4.74 Å². The van der Waals surface area contributed by atoms with Gasteiger partial charge in [0, 0.05) is 17.4 Å². The van der Waals surface area contributed by atoms with Crippen molar-refractivity contribution in [3.8, 4) is 0 Å². The van der Waals surface area contributed by atoms with Gasteiger partial charge in [-0.2, -0.15) is 0 Å². The third-order valence-corrected chi connectivity index (χ3v) is 3.93. The van der Waals surface area contributed by atoms with Crippen molar-refractivity contribution >= 4 is 0 Å². The highest BCUT2D eigenvalue weighted by Gasteiger charge is 2.51. The van der Waals surface area contributed by atoms with Gasteiger partial charge in [-0.1, -0.05) is 20.8 Å². The van der Waals surface area contributed by atoms with Crippen LogP contribution in [-0.2, 0) is 4.74 Å². The molecule has 0 unspecified atom stereocenters. The Morgan fingerprint density at radius 1 is 1.31 bits per heavy atom. The molecule has 0 aromatic rings. The van der Waals surface area contributed by atoms with Crippen LogP contribution in [0.25, 0.3) is 0 Å². The summed E-state index contributed by atoms with van der Waals surface area (Å²) in [6, 6.07) is 0.502. The fourth-order valence-electron chi connectivity index (χ4n) is 3.84. The van der Waals surface area contributed by atoms with Crippen LogP contribution in [0.3, 0.4) is 0 Å². The predicted molar refractivity (Wildman–Crippen MR) is 67.0 cm³/mol. The fraction of sp³-hybridized carbons (Fsp3) is 0.857. The molecule has 2 aliphatic heterocycles. The van der Waals surface area contributed by atoms with Gasteiger partial charge in [0.25, 0.3) is 0 Å². The van der Waals surface area contributed by atoms with Gasteiger partial charge in [-0.25, -0.2) is 0 Å². The maximum atomic E-state index is 5.92. The highest BCUT2D eigenvalue weighted by atomic mass is 16.5. The summed E-state index contributed by atoms with van der Waals surface area (Å²) in [7, 11) is 0. The van der Waals surface area contributed by atoms with Gasteiger partial charge in [0.05, 0.1) is 11.7 Å². The monoisotopic (exact) mass is 223 g/mol. The summed E-state index contributed by atoms with van der Waals surface area (Å²) in [5.41, 5.74) is 1.98. The first-order valence-corrected chi connectivity index (χ1v) is 6.45. The van der Waals surface area contributed by atoms with Crippen LogP contribution in [0.15, 0.2) is 11.5 Å². The quantitative estimate of drug-likeness (QED) is 0.674. The molecule has 0 spiro atoms. The molecule has 0 aromatic heterocycles. The maximum Gasteiger partial charge on any atom is 0.115 e. The number of rotatable bonds is 1. The van der Waals surface area contributed by atoms with Crippen molar-refractivity contribution in [3.63, 3.8) is 0 Å². The van der Waals surface area contributed by atoms with Gasteiger partial charge in [0.1, 0.15) is 12.4 Å². The second kappa shape index (κ2) is 3.41. The summed E-state index contributed by atoms with van der Waals surface area (Å²) < 4.78 is 5.92. The van der Waals surface area contributed by atoms with E-state index in [1.54, 1.807) is 0 Å². The van der Waals surface area contributed by atoms with Crippen molar-refractivity contribution in [3.05, 3.63) is 11.5 Å². The zero-order valence-electron chi connectivity index (χ0n) is 11.6. The highest BCUT2D eigenvalue weighted by Crippen LogP contribution is 2.52. The third kappa shape index (κ3) is 1.54. The minimum atomic E-state index is 0.253. The van der Waals surface area contributed by atoms with E-state index in [1.165, 1.54) is 17.9 Å². The van der Waals surface area contributed by atoms with Gasteiger partial charge in [0.2, 0.25) is 0 Å². The molecule has 16 heavy (non-hydrogen) atoms. The van der Waals surface area contributed by atoms with Gasteiger partial charge in [0.15, 0.2) is 0 Å². The average Bonchev–Trinajstić information content (AvgIpc) is 2.34. The van der Waals surface area contributed by atoms with Crippen molar-refractivity contribution in [1.29, 1.82) is 0 Å². The Kier molecular flexibility index (Phi) is 2.52. The number of hydrogen-bond acceptors (Lipinski definition) is 2. The molecule has 2 aliphatic rings. The number of nitrogens with zero attached hydrogens (tertiary/aromatic N) is 1. The molecule has 2 heteroatoms. The predicted octanol–water partition coefficient (Wildman–Crippen LogP) is 3.54. The Balaban J connectivity index is 2.53. The molecule has 2 heterocycles. The lowest BCUT2D eigenvalue weighted by atomic mass is 9.83. The largest absolute Gasteiger partial charge is 0.494 e. The highest BCUT2D eigenvalue weighted by molar-refractivity contribution is 5.27. The molecule has 1 atom stereocenters. The number of fused-ring (bicyclic) bond motifs is 1. The van der Waals surface area contributed by atoms with Crippen molar-refractivity contribution in [1.82, 2.24) is 4.90 Å². The summed E-state index contributed by atoms with van der Waals surface area (Å²) >= 11 is 0. The summed E-state index contributed by atoms with van der Waals surface area (Å²) in [6.45, 7) is 14.7. The normalized spacial score (nSPS) is 31.4. The molecular formula is C14H25NO. The Morgan fingerprint density at radius 2 is 1.94 bits per heavy atom. The zero-order valence-corrected chi connectivity index (χ0v) is 11.6. The standard InChI is InChI=1S/C14H25NO/c1-7-11-12-13(3,4)9-14(5,6)15(12)10(2)8-16-11/h10H,7-9H2,1-6H3/t10-/m0/s1. The minimum absolute atomic E-state index is 0.253. The summed E-state index contributed by atoms with van der Waals surface area (Å²) in [6.07, 6.45) is 2.23. The molecule has 0 radical (unpaired) electrons. The maximum absolute atomic E-state index is 5.92. The van der Waals surface area contributed by atoms with E-state index in [-0.39, 0.29) is 11.0 Å². The topological polar surface area (TPSA) is 12.5 Å². The third-order valence-electron chi connectivity index (χ3n) is 3.93. The van der Waals surface area contributed by atoms with Crippen LogP contribution >= 0.6 is 0 Å². The molecule has 2 nitrogen and oxygen atoms in total. The molecule has 2 rings (SSSR count). The van der Waals surface area contributed by atoms with Gasteiger partial charge in [-0.15, -0.1) is 0 Å². The molecule has 1 saturated heterocycles. The number of hydrogen-bond donors (Lipinski definition) is 0. The molecule has 0 aromatic carbocycles. The summed E-state index contributed by atoms with van der Waals surface area (Å²) in [4.78, 5) is 2.61. The zero-order chi connectivity index (χ0) is 12.1. The Labute approximate surface area is 99.7 Å². The first kappa shape index (κ1) is 11.8. The number of ether oxygens (including phenoxy) is 1. The van der Waals surface area contributed by atoms with Gasteiger partial charge in [-0.3, -0.25) is 0 Å². The van der Waals surface area contributed by atoms with E-state index in [4.69, 9.17) is 4.74 Å². The van der Waals surface area contributed by atoms with Crippen LogP contribution in [0.1, 0.15) is 54.4 Å². The Morgan fingerprint density at radius 3 is 2.50 bits per heavy atom. The van der Waals surface area contributed by atoms with E-state index in [1.807, 2.05) is 0 Å². The van der Waals surface area contributed by atoms with Crippen molar-refractivity contribution in [2.75, 3.05) is 6.61 Å². The average molecular weight is 223 g/mol. The molecule has 0 saturated carbocycles. The van der Waals surface area contributed by atoms with Crippen molar-refractivity contribution in [2.45, 2.75) is 66.0 Å². The SMILES string of the molecule is CCC1=C2N([C@@H](C)CO1)C(C)(C)CC2(C)C. The van der Waals surface area contributed by atoms with Crippen LogP contribution in [0, 0.1) is 5.41 Å². The lowest BCUT2D eigenvalue weighted by Crippen LogP contribution is -2.47. The minimum Gasteiger partial charge on any atom is -0.494 e. The molecule has 0 amide bonds. The molecule has 0 bridgehead atoms. The number of allylic oxidation sites excluding steroid dienone is 2. The van der Waals surface area contributed by atoms with Crippen LogP contribution in [-0.4, -0.2) is 23.1 Å². The van der Waals surface area contributed by atoms with E-state index in [0.717, 1.165) is 13.0 Å². The molecular weight excluding hydrogens is 198 g/mol. The molecule has 92 valence electrons.